The van der Waals surface area contributed by atoms with Crippen LogP contribution < -0.4 is 5.32 Å². The number of rotatable bonds is 2. The minimum Gasteiger partial charge on any atom is -0.480 e. The van der Waals surface area contributed by atoms with Crippen molar-refractivity contribution in [3.63, 3.8) is 0 Å². The predicted molar refractivity (Wildman–Crippen MR) is 43.1 cm³/mol. The minimum absolute atomic E-state index is 0.290. The first-order valence-electron chi connectivity index (χ1n) is 3.33. The topological polar surface area (TPSA) is 86.6 Å². The molecule has 68 valence electrons. The fourth-order valence-corrected chi connectivity index (χ4v) is 2.00. The summed E-state index contributed by atoms with van der Waals surface area (Å²) in [6.45, 7) is 1.46. The van der Waals surface area contributed by atoms with Crippen molar-refractivity contribution in [1.82, 2.24) is 5.32 Å². The monoisotopic (exact) mass is 191 g/mol. The molecule has 1 fully saturated rings. The zero-order chi connectivity index (χ0) is 9.35. The van der Waals surface area contributed by atoms with Crippen molar-refractivity contribution >= 4 is 23.7 Å². The van der Waals surface area contributed by atoms with E-state index in [-0.39, 0.29) is 5.75 Å². The molecule has 5 nitrogen and oxygen atoms in total. The van der Waals surface area contributed by atoms with Crippen LogP contribution in [-0.2, 0) is 9.59 Å². The van der Waals surface area contributed by atoms with Crippen LogP contribution in [0.25, 0.3) is 0 Å². The Labute approximate surface area is 73.1 Å². The lowest BCUT2D eigenvalue weighted by Gasteiger charge is -2.17. The smallest absolute Gasteiger partial charge is 0.334 e. The van der Waals surface area contributed by atoms with Crippen molar-refractivity contribution in [1.29, 1.82) is 0 Å². The highest BCUT2D eigenvalue weighted by Crippen LogP contribution is 2.30. The van der Waals surface area contributed by atoms with Crippen LogP contribution in [0.1, 0.15) is 6.92 Å². The van der Waals surface area contributed by atoms with Gasteiger partial charge in [-0.1, -0.05) is 0 Å². The molecule has 1 aliphatic heterocycles. The van der Waals surface area contributed by atoms with Crippen LogP contribution in [-0.4, -0.2) is 38.8 Å². The van der Waals surface area contributed by atoms with Crippen LogP contribution in [0.4, 0.5) is 0 Å². The summed E-state index contributed by atoms with van der Waals surface area (Å²) < 4.78 is 0. The number of thioether (sulfide) groups is 1. The molecule has 0 aromatic heterocycles. The Bertz CT molecular complexity index is 232. The third kappa shape index (κ3) is 1.54. The largest absolute Gasteiger partial charge is 0.480 e. The first-order chi connectivity index (χ1) is 5.46. The summed E-state index contributed by atoms with van der Waals surface area (Å²) in [7, 11) is 0. The Hall–Kier alpha value is -0.750. The van der Waals surface area contributed by atoms with Crippen molar-refractivity contribution in [2.24, 2.45) is 0 Å². The summed E-state index contributed by atoms with van der Waals surface area (Å²) in [6, 6.07) is -0.754. The molecule has 0 amide bonds. The molecule has 0 saturated carbocycles. The quantitative estimate of drug-likeness (QED) is 0.549. The van der Waals surface area contributed by atoms with E-state index in [1.54, 1.807) is 0 Å². The van der Waals surface area contributed by atoms with Gasteiger partial charge in [-0.25, -0.2) is 4.79 Å². The van der Waals surface area contributed by atoms with Gasteiger partial charge in [0.25, 0.3) is 0 Å². The molecule has 0 unspecified atom stereocenters. The van der Waals surface area contributed by atoms with Gasteiger partial charge in [-0.15, -0.1) is 11.8 Å². The fraction of sp³-hybridized carbons (Fsp3) is 0.667. The van der Waals surface area contributed by atoms with Gasteiger partial charge < -0.3 is 10.2 Å². The van der Waals surface area contributed by atoms with Crippen molar-refractivity contribution in [3.8, 4) is 0 Å². The number of hydrogen-bond acceptors (Lipinski definition) is 4. The molecule has 1 heterocycles. The lowest BCUT2D eigenvalue weighted by atomic mass is 10.2. The first kappa shape index (κ1) is 9.34. The zero-order valence-electron chi connectivity index (χ0n) is 6.40. The Kier molecular flexibility index (Phi) is 2.29. The van der Waals surface area contributed by atoms with Gasteiger partial charge in [0.05, 0.1) is 0 Å². The van der Waals surface area contributed by atoms with Crippen LogP contribution in [0, 0.1) is 0 Å². The van der Waals surface area contributed by atoms with Crippen LogP contribution in [0.5, 0.6) is 0 Å². The molecular formula is C6H9NO4S. The second-order valence-electron chi connectivity index (χ2n) is 2.68. The van der Waals surface area contributed by atoms with E-state index in [9.17, 15) is 9.59 Å². The summed E-state index contributed by atoms with van der Waals surface area (Å²) in [5.74, 6) is -1.75. The molecule has 1 aliphatic rings. The van der Waals surface area contributed by atoms with Crippen LogP contribution in [0.3, 0.4) is 0 Å². The summed E-state index contributed by atoms with van der Waals surface area (Å²) in [5, 5.41) is 19.8. The van der Waals surface area contributed by atoms with Gasteiger partial charge >= 0.3 is 11.9 Å². The summed E-state index contributed by atoms with van der Waals surface area (Å²) in [4.78, 5) is 19.9. The number of carboxylic acid groups (broad SMARTS) is 2. The maximum Gasteiger partial charge on any atom is 0.334 e. The van der Waals surface area contributed by atoms with Gasteiger partial charge in [-0.05, 0) is 6.92 Å². The van der Waals surface area contributed by atoms with Crippen molar-refractivity contribution in [2.45, 2.75) is 17.8 Å². The van der Waals surface area contributed by atoms with E-state index in [0.29, 0.717) is 0 Å². The number of carbonyl (C=O) groups is 2. The number of carboxylic acids is 2. The van der Waals surface area contributed by atoms with Crippen LogP contribution >= 0.6 is 11.8 Å². The highest BCUT2D eigenvalue weighted by atomic mass is 32.2. The highest BCUT2D eigenvalue weighted by molar-refractivity contribution is 8.01. The Morgan fingerprint density at radius 3 is 2.42 bits per heavy atom. The maximum atomic E-state index is 10.6. The summed E-state index contributed by atoms with van der Waals surface area (Å²) >= 11 is 1.10. The number of nitrogens with one attached hydrogen (secondary N) is 1. The molecular weight excluding hydrogens is 182 g/mol. The van der Waals surface area contributed by atoms with Crippen LogP contribution in [0.15, 0.2) is 0 Å². The Morgan fingerprint density at radius 1 is 1.58 bits per heavy atom. The van der Waals surface area contributed by atoms with E-state index in [2.05, 4.69) is 5.32 Å². The molecule has 0 spiro atoms. The molecule has 0 bridgehead atoms. The van der Waals surface area contributed by atoms with E-state index < -0.39 is 22.9 Å². The second kappa shape index (κ2) is 2.95. The van der Waals surface area contributed by atoms with Gasteiger partial charge in [0, 0.05) is 5.75 Å². The van der Waals surface area contributed by atoms with Crippen molar-refractivity contribution < 1.29 is 19.8 Å². The lowest BCUT2D eigenvalue weighted by molar-refractivity contribution is -0.142. The average molecular weight is 191 g/mol. The van der Waals surface area contributed by atoms with E-state index in [1.165, 1.54) is 6.92 Å². The Balaban J connectivity index is 2.67. The highest BCUT2D eigenvalue weighted by Gasteiger charge is 2.44. The minimum atomic E-state index is -1.15. The predicted octanol–water partition coefficient (Wildman–Crippen LogP) is -0.423. The van der Waals surface area contributed by atoms with E-state index >= 15 is 0 Å². The molecule has 0 aliphatic carbocycles. The summed E-state index contributed by atoms with van der Waals surface area (Å²) in [6.07, 6.45) is 0. The number of aliphatic carboxylic acids is 2. The standard InChI is InChI=1S/C6H9NO4S/c1-6(5(10)11)7-3(2-12-6)4(8)9/h3,7H,2H2,1H3,(H,8,9)(H,10,11)/t3-,6+/m1/s1. The SMILES string of the molecule is C[C@]1(C(=O)O)N[C@@H](C(=O)O)CS1. The normalized spacial score (nSPS) is 34.9. The third-order valence-corrected chi connectivity index (χ3v) is 3.06. The van der Waals surface area contributed by atoms with Gasteiger partial charge in [-0.3, -0.25) is 10.1 Å². The second-order valence-corrected chi connectivity index (χ2v) is 4.12. The molecule has 2 atom stereocenters. The van der Waals surface area contributed by atoms with Gasteiger partial charge in [0.1, 0.15) is 6.04 Å². The van der Waals surface area contributed by atoms with E-state index in [1.807, 2.05) is 0 Å². The van der Waals surface area contributed by atoms with Crippen molar-refractivity contribution in [2.75, 3.05) is 5.75 Å². The molecule has 1 rings (SSSR count). The molecule has 6 heteroatoms. The first-order valence-corrected chi connectivity index (χ1v) is 4.32. The molecule has 0 aromatic carbocycles. The average Bonchev–Trinajstić information content (AvgIpc) is 2.33. The van der Waals surface area contributed by atoms with Crippen LogP contribution in [0.2, 0.25) is 0 Å². The third-order valence-electron chi connectivity index (χ3n) is 1.69. The molecule has 0 radical (unpaired) electrons. The molecule has 12 heavy (non-hydrogen) atoms. The zero-order valence-corrected chi connectivity index (χ0v) is 7.22. The van der Waals surface area contributed by atoms with Gasteiger partial charge in [0.2, 0.25) is 0 Å². The number of hydrogen-bond donors (Lipinski definition) is 3. The molecule has 3 N–H and O–H groups in total. The van der Waals surface area contributed by atoms with Crippen molar-refractivity contribution in [3.05, 3.63) is 0 Å². The van der Waals surface area contributed by atoms with E-state index in [0.717, 1.165) is 11.8 Å². The summed E-state index contributed by atoms with van der Waals surface area (Å²) in [5.41, 5.74) is 0. The van der Waals surface area contributed by atoms with Gasteiger partial charge in [-0.2, -0.15) is 0 Å². The lowest BCUT2D eigenvalue weighted by Crippen LogP contribution is -2.48. The molecule has 1 saturated heterocycles. The van der Waals surface area contributed by atoms with E-state index in [4.69, 9.17) is 10.2 Å². The molecule has 0 aromatic rings. The maximum absolute atomic E-state index is 10.6. The fourth-order valence-electron chi connectivity index (χ4n) is 0.922. The van der Waals surface area contributed by atoms with Gasteiger partial charge in [0.15, 0.2) is 4.87 Å². The Morgan fingerprint density at radius 2 is 2.17 bits per heavy atom.